The first-order valence-electron chi connectivity index (χ1n) is 12.1. The highest BCUT2D eigenvalue weighted by Gasteiger charge is 2.22. The molecule has 37 heavy (non-hydrogen) atoms. The van der Waals surface area contributed by atoms with Crippen molar-refractivity contribution in [3.05, 3.63) is 59.4 Å². The number of nitrogen functional groups attached to an aromatic ring is 2. The van der Waals surface area contributed by atoms with Gasteiger partial charge in [-0.2, -0.15) is 10.1 Å². The van der Waals surface area contributed by atoms with E-state index in [2.05, 4.69) is 33.2 Å². The number of hydrogen-bond donors (Lipinski definition) is 2. The first-order valence-corrected chi connectivity index (χ1v) is 12.1. The van der Waals surface area contributed by atoms with E-state index in [1.807, 2.05) is 34.7 Å². The molecule has 0 bridgehead atoms. The van der Waals surface area contributed by atoms with Crippen LogP contribution in [0.5, 0.6) is 0 Å². The van der Waals surface area contributed by atoms with Gasteiger partial charge < -0.3 is 25.5 Å². The Morgan fingerprint density at radius 2 is 2.03 bits per heavy atom. The molecule has 5 aromatic rings. The van der Waals surface area contributed by atoms with Crippen LogP contribution >= 0.6 is 0 Å². The number of carbonyl (C=O) groups excluding carboxylic acids is 1. The molecule has 2 aromatic carbocycles. The number of hydrogen-bond acceptors (Lipinski definition) is 9. The first-order chi connectivity index (χ1) is 18.0. The van der Waals surface area contributed by atoms with Crippen LogP contribution in [0.25, 0.3) is 33.4 Å². The van der Waals surface area contributed by atoms with Crippen LogP contribution in [0, 0.1) is 0 Å². The third-order valence-electron chi connectivity index (χ3n) is 6.63. The van der Waals surface area contributed by atoms with Gasteiger partial charge in [-0.15, -0.1) is 0 Å². The van der Waals surface area contributed by atoms with Gasteiger partial charge in [-0.05, 0) is 48.2 Å². The molecule has 4 N–H and O–H groups in total. The Morgan fingerprint density at radius 1 is 1.14 bits per heavy atom. The standard InChI is InChI=1S/C26H26N8O3/c1-2-36-13-21(35)33-8-7-16-9-15(3-4-18(16)12-33)11-34-25-22(24(27)29-14-30-25)23(32-34)17-5-6-20-19(10-17)31-26(28)37-20/h3-6,9-10,14H,2,7-8,11-13H2,1H3,(H2,28,31)(H2,27,29,30). The minimum Gasteiger partial charge on any atom is -0.424 e. The highest BCUT2D eigenvalue weighted by atomic mass is 16.5. The minimum absolute atomic E-state index is 0.0240. The lowest BCUT2D eigenvalue weighted by Crippen LogP contribution is -2.38. The van der Waals surface area contributed by atoms with E-state index >= 15 is 0 Å². The van der Waals surface area contributed by atoms with Gasteiger partial charge in [-0.25, -0.2) is 14.6 Å². The summed E-state index contributed by atoms with van der Waals surface area (Å²) in [5, 5.41) is 5.56. The predicted octanol–water partition coefficient (Wildman–Crippen LogP) is 2.77. The largest absolute Gasteiger partial charge is 0.424 e. The van der Waals surface area contributed by atoms with Crippen molar-refractivity contribution in [3.63, 3.8) is 0 Å². The van der Waals surface area contributed by atoms with Crippen molar-refractivity contribution >= 4 is 39.9 Å². The van der Waals surface area contributed by atoms with Gasteiger partial charge in [0, 0.05) is 25.3 Å². The summed E-state index contributed by atoms with van der Waals surface area (Å²) < 4.78 is 12.5. The molecule has 0 spiro atoms. The van der Waals surface area contributed by atoms with Gasteiger partial charge in [0.25, 0.3) is 6.01 Å². The number of anilines is 2. The van der Waals surface area contributed by atoms with E-state index in [1.165, 1.54) is 11.9 Å². The number of aromatic nitrogens is 5. The Morgan fingerprint density at radius 3 is 2.89 bits per heavy atom. The number of ether oxygens (including phenoxy) is 1. The fourth-order valence-electron chi connectivity index (χ4n) is 4.81. The monoisotopic (exact) mass is 498 g/mol. The third kappa shape index (κ3) is 4.23. The molecule has 1 aliphatic heterocycles. The molecule has 0 saturated carbocycles. The number of nitrogens with two attached hydrogens (primary N) is 2. The quantitative estimate of drug-likeness (QED) is 0.360. The molecule has 3 aromatic heterocycles. The van der Waals surface area contributed by atoms with Crippen molar-refractivity contribution in [1.82, 2.24) is 29.6 Å². The summed E-state index contributed by atoms with van der Waals surface area (Å²) in [7, 11) is 0. The van der Waals surface area contributed by atoms with Gasteiger partial charge >= 0.3 is 0 Å². The second-order valence-corrected chi connectivity index (χ2v) is 9.00. The van der Waals surface area contributed by atoms with Gasteiger partial charge in [-0.3, -0.25) is 4.79 Å². The van der Waals surface area contributed by atoms with E-state index in [1.54, 1.807) is 0 Å². The first kappa shape index (κ1) is 22.9. The molecular weight excluding hydrogens is 472 g/mol. The third-order valence-corrected chi connectivity index (χ3v) is 6.63. The van der Waals surface area contributed by atoms with Crippen molar-refractivity contribution < 1.29 is 13.9 Å². The van der Waals surface area contributed by atoms with Crippen molar-refractivity contribution in [2.45, 2.75) is 26.4 Å². The fraction of sp³-hybridized carbons (Fsp3) is 0.269. The lowest BCUT2D eigenvalue weighted by molar-refractivity contribution is -0.136. The maximum absolute atomic E-state index is 12.4. The topological polar surface area (TPSA) is 151 Å². The van der Waals surface area contributed by atoms with E-state index in [4.69, 9.17) is 25.7 Å². The predicted molar refractivity (Wildman–Crippen MR) is 138 cm³/mol. The Hall–Kier alpha value is -4.51. The molecule has 6 rings (SSSR count). The summed E-state index contributed by atoms with van der Waals surface area (Å²) in [6.45, 7) is 4.32. The second kappa shape index (κ2) is 9.17. The van der Waals surface area contributed by atoms with Gasteiger partial charge in [0.1, 0.15) is 30.0 Å². The molecule has 0 atom stereocenters. The zero-order chi connectivity index (χ0) is 25.5. The minimum atomic E-state index is 0.0240. The fourth-order valence-corrected chi connectivity index (χ4v) is 4.81. The summed E-state index contributed by atoms with van der Waals surface area (Å²) in [5.41, 5.74) is 18.8. The number of nitrogens with zero attached hydrogens (tertiary/aromatic N) is 6. The molecular formula is C26H26N8O3. The normalized spacial score (nSPS) is 13.4. The molecule has 11 nitrogen and oxygen atoms in total. The van der Waals surface area contributed by atoms with Gasteiger partial charge in [0.2, 0.25) is 5.91 Å². The maximum atomic E-state index is 12.4. The summed E-state index contributed by atoms with van der Waals surface area (Å²) >= 11 is 0. The molecule has 0 aliphatic carbocycles. The number of oxazole rings is 1. The smallest absolute Gasteiger partial charge is 0.292 e. The average molecular weight is 499 g/mol. The number of amides is 1. The Bertz CT molecular complexity index is 1640. The van der Waals surface area contributed by atoms with E-state index in [0.29, 0.717) is 59.9 Å². The molecule has 0 radical (unpaired) electrons. The zero-order valence-corrected chi connectivity index (χ0v) is 20.3. The highest BCUT2D eigenvalue weighted by Crippen LogP contribution is 2.33. The van der Waals surface area contributed by atoms with E-state index < -0.39 is 0 Å². The van der Waals surface area contributed by atoms with Gasteiger partial charge in [0.15, 0.2) is 11.2 Å². The van der Waals surface area contributed by atoms with Crippen molar-refractivity contribution in [2.24, 2.45) is 0 Å². The van der Waals surface area contributed by atoms with Crippen molar-refractivity contribution in [1.29, 1.82) is 0 Å². The summed E-state index contributed by atoms with van der Waals surface area (Å²) in [5.74, 6) is 0.379. The second-order valence-electron chi connectivity index (χ2n) is 9.00. The van der Waals surface area contributed by atoms with Crippen LogP contribution in [0.2, 0.25) is 0 Å². The Labute approximate surface area is 212 Å². The lowest BCUT2D eigenvalue weighted by Gasteiger charge is -2.29. The van der Waals surface area contributed by atoms with E-state index in [9.17, 15) is 4.79 Å². The van der Waals surface area contributed by atoms with Crippen LogP contribution in [-0.4, -0.2) is 55.3 Å². The molecule has 1 amide bonds. The highest BCUT2D eigenvalue weighted by molar-refractivity contribution is 5.99. The summed E-state index contributed by atoms with van der Waals surface area (Å²) in [6, 6.07) is 12.0. The molecule has 0 fully saturated rings. The Kier molecular flexibility index (Phi) is 5.68. The lowest BCUT2D eigenvalue weighted by atomic mass is 9.97. The average Bonchev–Trinajstić information content (AvgIpc) is 3.46. The molecule has 0 unspecified atom stereocenters. The number of carbonyl (C=O) groups is 1. The van der Waals surface area contributed by atoms with Crippen LogP contribution in [0.3, 0.4) is 0 Å². The van der Waals surface area contributed by atoms with Crippen LogP contribution < -0.4 is 11.5 Å². The molecule has 4 heterocycles. The number of benzene rings is 2. The van der Waals surface area contributed by atoms with Gasteiger partial charge in [-0.1, -0.05) is 18.2 Å². The van der Waals surface area contributed by atoms with Crippen LogP contribution in [-0.2, 0) is 29.0 Å². The molecule has 188 valence electrons. The van der Waals surface area contributed by atoms with Crippen LogP contribution in [0.1, 0.15) is 23.6 Å². The number of fused-ring (bicyclic) bond motifs is 3. The maximum Gasteiger partial charge on any atom is 0.292 e. The summed E-state index contributed by atoms with van der Waals surface area (Å²) in [4.78, 5) is 27.1. The molecule has 11 heteroatoms. The van der Waals surface area contributed by atoms with Gasteiger partial charge in [0.05, 0.1) is 11.9 Å². The van der Waals surface area contributed by atoms with E-state index in [0.717, 1.165) is 23.1 Å². The zero-order valence-electron chi connectivity index (χ0n) is 20.3. The molecule has 0 saturated heterocycles. The van der Waals surface area contributed by atoms with E-state index in [-0.39, 0.29) is 18.5 Å². The Balaban J connectivity index is 1.31. The van der Waals surface area contributed by atoms with Crippen LogP contribution in [0.4, 0.5) is 11.8 Å². The van der Waals surface area contributed by atoms with Crippen molar-refractivity contribution in [3.8, 4) is 11.3 Å². The van der Waals surface area contributed by atoms with Crippen molar-refractivity contribution in [2.75, 3.05) is 31.2 Å². The number of rotatable bonds is 6. The molecule has 1 aliphatic rings. The van der Waals surface area contributed by atoms with Crippen LogP contribution in [0.15, 0.2) is 47.1 Å². The summed E-state index contributed by atoms with van der Waals surface area (Å²) in [6.07, 6.45) is 2.24. The SMILES string of the molecule is CCOCC(=O)N1CCc2cc(Cn3nc(-c4ccc5oc(N)nc5c4)c4c(N)ncnc43)ccc2C1.